The van der Waals surface area contributed by atoms with E-state index in [-0.39, 0.29) is 17.6 Å². The summed E-state index contributed by atoms with van der Waals surface area (Å²) in [5, 5.41) is 6.27. The van der Waals surface area contributed by atoms with E-state index in [1.165, 1.54) is 0 Å². The first-order valence-electron chi connectivity index (χ1n) is 7.65. The van der Waals surface area contributed by atoms with Gasteiger partial charge >= 0.3 is 0 Å². The van der Waals surface area contributed by atoms with Crippen LogP contribution in [0.15, 0.2) is 18.3 Å². The Kier molecular flexibility index (Phi) is 5.17. The monoisotopic (exact) mass is 291 g/mol. The van der Waals surface area contributed by atoms with Crippen molar-refractivity contribution in [1.82, 2.24) is 10.3 Å². The van der Waals surface area contributed by atoms with Crippen molar-refractivity contribution in [2.45, 2.75) is 51.7 Å². The molecule has 1 aromatic rings. The highest BCUT2D eigenvalue weighted by Crippen LogP contribution is 2.24. The van der Waals surface area contributed by atoms with Gasteiger partial charge in [-0.15, -0.1) is 0 Å². The summed E-state index contributed by atoms with van der Waals surface area (Å²) in [7, 11) is 0. The molecule has 1 aromatic heterocycles. The van der Waals surface area contributed by atoms with E-state index in [4.69, 9.17) is 4.74 Å². The second-order valence-corrected chi connectivity index (χ2v) is 6.13. The lowest BCUT2D eigenvalue weighted by Crippen LogP contribution is -2.45. The zero-order valence-corrected chi connectivity index (χ0v) is 13.1. The van der Waals surface area contributed by atoms with Gasteiger partial charge in [0.2, 0.25) is 0 Å². The van der Waals surface area contributed by atoms with E-state index >= 15 is 0 Å². The number of ether oxygens (including phenoxy) is 1. The van der Waals surface area contributed by atoms with Crippen LogP contribution in [-0.4, -0.2) is 35.7 Å². The van der Waals surface area contributed by atoms with Gasteiger partial charge in [0.25, 0.3) is 5.91 Å². The molecule has 2 rings (SSSR count). The highest BCUT2D eigenvalue weighted by atomic mass is 16.5. The minimum Gasteiger partial charge on any atom is -0.375 e. The number of carbonyl (C=O) groups excluding carboxylic acids is 1. The maximum Gasteiger partial charge on any atom is 0.253 e. The van der Waals surface area contributed by atoms with Gasteiger partial charge < -0.3 is 15.4 Å². The Balaban J connectivity index is 1.91. The van der Waals surface area contributed by atoms with Crippen LogP contribution in [0.3, 0.4) is 0 Å². The van der Waals surface area contributed by atoms with Gasteiger partial charge in [-0.2, -0.15) is 0 Å². The highest BCUT2D eigenvalue weighted by molar-refractivity contribution is 5.94. The second-order valence-electron chi connectivity index (χ2n) is 6.13. The van der Waals surface area contributed by atoms with Crippen molar-refractivity contribution in [1.29, 1.82) is 0 Å². The van der Waals surface area contributed by atoms with Crippen molar-refractivity contribution in [3.63, 3.8) is 0 Å². The van der Waals surface area contributed by atoms with Crippen molar-refractivity contribution in [2.24, 2.45) is 0 Å². The fraction of sp³-hybridized carbons (Fsp3) is 0.625. The quantitative estimate of drug-likeness (QED) is 0.875. The van der Waals surface area contributed by atoms with Crippen molar-refractivity contribution >= 4 is 11.7 Å². The largest absolute Gasteiger partial charge is 0.375 e. The Morgan fingerprint density at radius 3 is 2.90 bits per heavy atom. The average molecular weight is 291 g/mol. The van der Waals surface area contributed by atoms with Crippen molar-refractivity contribution < 1.29 is 9.53 Å². The predicted octanol–water partition coefficient (Wildman–Crippen LogP) is 2.59. The van der Waals surface area contributed by atoms with E-state index in [2.05, 4.69) is 36.4 Å². The Morgan fingerprint density at radius 1 is 1.48 bits per heavy atom. The molecular formula is C16H25N3O2. The fourth-order valence-corrected chi connectivity index (χ4v) is 2.51. The van der Waals surface area contributed by atoms with Crippen LogP contribution in [0.1, 0.15) is 50.4 Å². The van der Waals surface area contributed by atoms with E-state index in [9.17, 15) is 4.79 Å². The topological polar surface area (TPSA) is 63.2 Å². The number of rotatable bonds is 5. The van der Waals surface area contributed by atoms with E-state index in [1.807, 2.05) is 12.1 Å². The minimum atomic E-state index is -0.164. The molecule has 1 aliphatic heterocycles. The number of pyridine rings is 1. The Bertz CT molecular complexity index is 471. The third kappa shape index (κ3) is 4.70. The van der Waals surface area contributed by atoms with Crippen LogP contribution < -0.4 is 10.6 Å². The van der Waals surface area contributed by atoms with Crippen LogP contribution >= 0.6 is 0 Å². The van der Waals surface area contributed by atoms with Crippen LogP contribution in [0.5, 0.6) is 0 Å². The smallest absolute Gasteiger partial charge is 0.253 e. The molecule has 1 aliphatic rings. The summed E-state index contributed by atoms with van der Waals surface area (Å²) in [4.78, 5) is 16.5. The standard InChI is InChI=1S/C16H25N3O2/c1-4-8-17-14-6-5-12(11-18-14)15(20)19-13-7-9-21-16(2,3)10-13/h5-6,11,13H,4,7-10H2,1-3H3,(H,17,18)(H,19,20). The molecule has 0 saturated carbocycles. The summed E-state index contributed by atoms with van der Waals surface area (Å²) in [6.07, 6.45) is 4.36. The SMILES string of the molecule is CCCNc1ccc(C(=O)NC2CCOC(C)(C)C2)cn1. The maximum absolute atomic E-state index is 12.2. The lowest BCUT2D eigenvalue weighted by Gasteiger charge is -2.35. The Hall–Kier alpha value is -1.62. The third-order valence-electron chi connectivity index (χ3n) is 3.61. The summed E-state index contributed by atoms with van der Waals surface area (Å²) in [5.41, 5.74) is 0.434. The van der Waals surface area contributed by atoms with Gasteiger partial charge in [0.05, 0.1) is 11.2 Å². The molecule has 21 heavy (non-hydrogen) atoms. The van der Waals surface area contributed by atoms with E-state index in [0.29, 0.717) is 12.2 Å². The molecule has 0 aliphatic carbocycles. The lowest BCUT2D eigenvalue weighted by atomic mass is 9.94. The highest BCUT2D eigenvalue weighted by Gasteiger charge is 2.29. The molecule has 1 atom stereocenters. The van der Waals surface area contributed by atoms with Gasteiger partial charge in [-0.3, -0.25) is 4.79 Å². The molecule has 1 fully saturated rings. The molecule has 0 bridgehead atoms. The molecule has 1 amide bonds. The molecule has 0 radical (unpaired) electrons. The van der Waals surface area contributed by atoms with E-state index in [1.54, 1.807) is 6.20 Å². The molecule has 2 heterocycles. The number of aromatic nitrogens is 1. The fourth-order valence-electron chi connectivity index (χ4n) is 2.51. The van der Waals surface area contributed by atoms with Gasteiger partial charge in [-0.1, -0.05) is 6.92 Å². The van der Waals surface area contributed by atoms with Crippen LogP contribution in [0.25, 0.3) is 0 Å². The summed E-state index contributed by atoms with van der Waals surface area (Å²) in [6.45, 7) is 7.79. The number of amides is 1. The zero-order chi connectivity index (χ0) is 15.3. The van der Waals surface area contributed by atoms with Gasteiger partial charge in [0.15, 0.2) is 0 Å². The van der Waals surface area contributed by atoms with E-state index in [0.717, 1.165) is 31.6 Å². The molecule has 116 valence electrons. The minimum absolute atomic E-state index is 0.0627. The first kappa shape index (κ1) is 15.8. The summed E-state index contributed by atoms with van der Waals surface area (Å²) >= 11 is 0. The number of hydrogen-bond donors (Lipinski definition) is 2. The average Bonchev–Trinajstić information content (AvgIpc) is 2.44. The zero-order valence-electron chi connectivity index (χ0n) is 13.1. The lowest BCUT2D eigenvalue weighted by molar-refractivity contribution is -0.0615. The number of hydrogen-bond acceptors (Lipinski definition) is 4. The molecule has 0 spiro atoms. The number of anilines is 1. The number of carbonyl (C=O) groups is 1. The maximum atomic E-state index is 12.2. The first-order chi connectivity index (χ1) is 10.00. The second kappa shape index (κ2) is 6.89. The van der Waals surface area contributed by atoms with Crippen LogP contribution in [-0.2, 0) is 4.74 Å². The van der Waals surface area contributed by atoms with Crippen LogP contribution in [0, 0.1) is 0 Å². The van der Waals surface area contributed by atoms with Gasteiger partial charge in [-0.25, -0.2) is 4.98 Å². The number of nitrogens with zero attached hydrogens (tertiary/aromatic N) is 1. The van der Waals surface area contributed by atoms with Gasteiger partial charge in [-0.05, 0) is 45.2 Å². The Morgan fingerprint density at radius 2 is 2.29 bits per heavy atom. The van der Waals surface area contributed by atoms with Crippen LogP contribution in [0.4, 0.5) is 5.82 Å². The Labute approximate surface area is 126 Å². The van der Waals surface area contributed by atoms with Crippen molar-refractivity contribution in [3.8, 4) is 0 Å². The predicted molar refractivity (Wildman–Crippen MR) is 83.5 cm³/mol. The molecule has 1 saturated heterocycles. The normalized spacial score (nSPS) is 20.8. The summed E-state index contributed by atoms with van der Waals surface area (Å²) < 4.78 is 5.66. The molecule has 1 unspecified atom stereocenters. The summed E-state index contributed by atoms with van der Waals surface area (Å²) in [6, 6.07) is 3.82. The molecule has 5 heteroatoms. The molecule has 0 aromatic carbocycles. The first-order valence-corrected chi connectivity index (χ1v) is 7.65. The van der Waals surface area contributed by atoms with Crippen LogP contribution in [0.2, 0.25) is 0 Å². The third-order valence-corrected chi connectivity index (χ3v) is 3.61. The van der Waals surface area contributed by atoms with Crippen molar-refractivity contribution in [3.05, 3.63) is 23.9 Å². The van der Waals surface area contributed by atoms with Crippen molar-refractivity contribution in [2.75, 3.05) is 18.5 Å². The summed E-state index contributed by atoms with van der Waals surface area (Å²) in [5.74, 6) is 0.743. The molecular weight excluding hydrogens is 266 g/mol. The number of nitrogens with one attached hydrogen (secondary N) is 2. The molecule has 5 nitrogen and oxygen atoms in total. The van der Waals surface area contributed by atoms with Gasteiger partial charge in [0, 0.05) is 25.4 Å². The van der Waals surface area contributed by atoms with Gasteiger partial charge in [0.1, 0.15) is 5.82 Å². The van der Waals surface area contributed by atoms with E-state index < -0.39 is 0 Å². The molecule has 2 N–H and O–H groups in total.